The quantitative estimate of drug-likeness (QED) is 0.790. The van der Waals surface area contributed by atoms with Gasteiger partial charge < -0.3 is 5.73 Å². The standard InChI is InChI=1S/C12H10BrF3N2/c1-5-8(13)4-3-7-9(17)6(2)11(12(14,15)16)18-10(5)7/h3-4H,1-2H3,(H2,17,18). The number of pyridine rings is 1. The summed E-state index contributed by atoms with van der Waals surface area (Å²) in [6.45, 7) is 3.04. The van der Waals surface area contributed by atoms with E-state index in [1.165, 1.54) is 6.92 Å². The predicted molar refractivity (Wildman–Crippen MR) is 68.3 cm³/mol. The van der Waals surface area contributed by atoms with Crippen LogP contribution in [0.1, 0.15) is 16.8 Å². The largest absolute Gasteiger partial charge is 0.433 e. The highest BCUT2D eigenvalue weighted by Gasteiger charge is 2.35. The topological polar surface area (TPSA) is 38.9 Å². The molecule has 0 aliphatic carbocycles. The molecule has 0 aliphatic rings. The number of nitrogens with two attached hydrogens (primary N) is 1. The van der Waals surface area contributed by atoms with Gasteiger partial charge in [-0.2, -0.15) is 13.2 Å². The van der Waals surface area contributed by atoms with Crippen LogP contribution in [0.2, 0.25) is 0 Å². The van der Waals surface area contributed by atoms with Gasteiger partial charge in [0, 0.05) is 21.1 Å². The number of alkyl halides is 3. The van der Waals surface area contributed by atoms with Gasteiger partial charge in [0.05, 0.1) is 5.52 Å². The summed E-state index contributed by atoms with van der Waals surface area (Å²) in [4.78, 5) is 3.73. The molecule has 0 fully saturated rings. The molecule has 2 rings (SSSR count). The summed E-state index contributed by atoms with van der Waals surface area (Å²) in [5.74, 6) is 0. The van der Waals surface area contributed by atoms with Crippen LogP contribution < -0.4 is 5.73 Å². The number of aryl methyl sites for hydroxylation is 1. The molecule has 2 N–H and O–H groups in total. The van der Waals surface area contributed by atoms with Crippen LogP contribution in [-0.4, -0.2) is 4.98 Å². The van der Waals surface area contributed by atoms with Crippen molar-refractivity contribution in [1.29, 1.82) is 0 Å². The van der Waals surface area contributed by atoms with Crippen LogP contribution in [0.15, 0.2) is 16.6 Å². The lowest BCUT2D eigenvalue weighted by molar-refractivity contribution is -0.141. The van der Waals surface area contributed by atoms with Crippen molar-refractivity contribution in [2.24, 2.45) is 0 Å². The van der Waals surface area contributed by atoms with E-state index >= 15 is 0 Å². The molecule has 0 amide bonds. The third-order valence-electron chi connectivity index (χ3n) is 2.91. The molecule has 1 aromatic heterocycles. The molecular weight excluding hydrogens is 309 g/mol. The Balaban J connectivity index is 2.94. The molecule has 0 aliphatic heterocycles. The molecule has 2 nitrogen and oxygen atoms in total. The number of anilines is 1. The van der Waals surface area contributed by atoms with Crippen molar-refractivity contribution in [3.05, 3.63) is 33.4 Å². The molecule has 18 heavy (non-hydrogen) atoms. The third kappa shape index (κ3) is 1.94. The Hall–Kier alpha value is -1.30. The van der Waals surface area contributed by atoms with Crippen molar-refractivity contribution < 1.29 is 13.2 Å². The molecule has 1 aromatic carbocycles. The molecule has 0 unspecified atom stereocenters. The van der Waals surface area contributed by atoms with Gasteiger partial charge in [-0.15, -0.1) is 0 Å². The molecule has 2 aromatic rings. The van der Waals surface area contributed by atoms with E-state index in [-0.39, 0.29) is 16.8 Å². The fourth-order valence-electron chi connectivity index (χ4n) is 1.84. The predicted octanol–water partition coefficient (Wildman–Crippen LogP) is 4.22. The first-order chi connectivity index (χ1) is 8.23. The third-order valence-corrected chi connectivity index (χ3v) is 3.77. The number of hydrogen-bond donors (Lipinski definition) is 1. The fraction of sp³-hybridized carbons (Fsp3) is 0.250. The molecule has 0 atom stereocenters. The first-order valence-corrected chi connectivity index (χ1v) is 5.95. The highest BCUT2D eigenvalue weighted by atomic mass is 79.9. The number of benzene rings is 1. The smallest absolute Gasteiger partial charge is 0.398 e. The van der Waals surface area contributed by atoms with Crippen LogP contribution >= 0.6 is 15.9 Å². The van der Waals surface area contributed by atoms with Crippen molar-refractivity contribution >= 4 is 32.5 Å². The van der Waals surface area contributed by atoms with Crippen LogP contribution in [0.25, 0.3) is 10.9 Å². The van der Waals surface area contributed by atoms with E-state index in [0.29, 0.717) is 15.4 Å². The van der Waals surface area contributed by atoms with Gasteiger partial charge in [-0.3, -0.25) is 0 Å². The maximum absolute atomic E-state index is 12.9. The summed E-state index contributed by atoms with van der Waals surface area (Å²) in [5.41, 5.74) is 5.87. The summed E-state index contributed by atoms with van der Waals surface area (Å²) < 4.78 is 39.3. The van der Waals surface area contributed by atoms with E-state index in [4.69, 9.17) is 5.73 Å². The van der Waals surface area contributed by atoms with E-state index < -0.39 is 11.9 Å². The molecule has 0 bridgehead atoms. The first kappa shape index (κ1) is 13.1. The second-order valence-electron chi connectivity index (χ2n) is 4.07. The van der Waals surface area contributed by atoms with Crippen LogP contribution in [0.3, 0.4) is 0 Å². The Morgan fingerprint density at radius 2 is 1.78 bits per heavy atom. The summed E-state index contributed by atoms with van der Waals surface area (Å²) in [6.07, 6.45) is -4.50. The van der Waals surface area contributed by atoms with Crippen molar-refractivity contribution in [3.63, 3.8) is 0 Å². The van der Waals surface area contributed by atoms with Gasteiger partial charge in [0.25, 0.3) is 0 Å². The summed E-state index contributed by atoms with van der Waals surface area (Å²) in [7, 11) is 0. The molecule has 0 radical (unpaired) electrons. The summed E-state index contributed by atoms with van der Waals surface area (Å²) in [6, 6.07) is 3.42. The molecule has 6 heteroatoms. The van der Waals surface area contributed by atoms with Gasteiger partial charge in [-0.25, -0.2) is 4.98 Å². The van der Waals surface area contributed by atoms with Gasteiger partial charge in [0.15, 0.2) is 0 Å². The van der Waals surface area contributed by atoms with E-state index in [9.17, 15) is 13.2 Å². The van der Waals surface area contributed by atoms with Crippen molar-refractivity contribution in [1.82, 2.24) is 4.98 Å². The maximum Gasteiger partial charge on any atom is 0.433 e. The normalized spacial score (nSPS) is 12.1. The van der Waals surface area contributed by atoms with Gasteiger partial charge in [0.2, 0.25) is 0 Å². The number of rotatable bonds is 0. The lowest BCUT2D eigenvalue weighted by atomic mass is 10.0. The van der Waals surface area contributed by atoms with E-state index in [2.05, 4.69) is 20.9 Å². The lowest BCUT2D eigenvalue weighted by Crippen LogP contribution is -2.13. The second kappa shape index (κ2) is 4.12. The Kier molecular flexibility index (Phi) is 3.01. The SMILES string of the molecule is Cc1c(C(F)(F)F)nc2c(C)c(Br)ccc2c1N. The zero-order valence-electron chi connectivity index (χ0n) is 9.69. The van der Waals surface area contributed by atoms with Crippen molar-refractivity contribution in [3.8, 4) is 0 Å². The first-order valence-electron chi connectivity index (χ1n) is 5.15. The monoisotopic (exact) mass is 318 g/mol. The zero-order chi connectivity index (χ0) is 13.7. The molecule has 0 spiro atoms. The van der Waals surface area contributed by atoms with E-state index in [1.54, 1.807) is 19.1 Å². The minimum atomic E-state index is -4.50. The second-order valence-corrected chi connectivity index (χ2v) is 4.92. The van der Waals surface area contributed by atoms with E-state index in [1.807, 2.05) is 0 Å². The fourth-order valence-corrected chi connectivity index (χ4v) is 2.16. The molecule has 0 saturated heterocycles. The Labute approximate surface area is 110 Å². The van der Waals surface area contributed by atoms with Crippen LogP contribution in [0.4, 0.5) is 18.9 Å². The molecular formula is C12H10BrF3N2. The number of nitrogen functional groups attached to an aromatic ring is 1. The van der Waals surface area contributed by atoms with Crippen molar-refractivity contribution in [2.45, 2.75) is 20.0 Å². The Morgan fingerprint density at radius 1 is 1.17 bits per heavy atom. The summed E-state index contributed by atoms with van der Waals surface area (Å²) in [5, 5.41) is 0.543. The Morgan fingerprint density at radius 3 is 2.33 bits per heavy atom. The highest BCUT2D eigenvalue weighted by Crippen LogP contribution is 2.37. The van der Waals surface area contributed by atoms with Gasteiger partial charge in [0.1, 0.15) is 5.69 Å². The van der Waals surface area contributed by atoms with Gasteiger partial charge in [-0.05, 0) is 31.5 Å². The number of halogens is 4. The average molecular weight is 319 g/mol. The van der Waals surface area contributed by atoms with Crippen LogP contribution in [-0.2, 0) is 6.18 Å². The minimum Gasteiger partial charge on any atom is -0.398 e. The minimum absolute atomic E-state index is 0.0308. The zero-order valence-corrected chi connectivity index (χ0v) is 11.3. The maximum atomic E-state index is 12.9. The number of nitrogens with zero attached hydrogens (tertiary/aromatic N) is 1. The number of hydrogen-bond acceptors (Lipinski definition) is 2. The lowest BCUT2D eigenvalue weighted by Gasteiger charge is -2.15. The number of aromatic nitrogens is 1. The molecule has 96 valence electrons. The van der Waals surface area contributed by atoms with E-state index in [0.717, 1.165) is 0 Å². The average Bonchev–Trinajstić information content (AvgIpc) is 2.26. The van der Waals surface area contributed by atoms with Crippen molar-refractivity contribution in [2.75, 3.05) is 5.73 Å². The Bertz CT molecular complexity index is 635. The van der Waals surface area contributed by atoms with Crippen LogP contribution in [0.5, 0.6) is 0 Å². The highest BCUT2D eigenvalue weighted by molar-refractivity contribution is 9.10. The molecule has 1 heterocycles. The van der Waals surface area contributed by atoms with Gasteiger partial charge in [-0.1, -0.05) is 15.9 Å². The summed E-state index contributed by atoms with van der Waals surface area (Å²) >= 11 is 3.27. The number of fused-ring (bicyclic) bond motifs is 1. The van der Waals surface area contributed by atoms with Crippen LogP contribution in [0, 0.1) is 13.8 Å². The van der Waals surface area contributed by atoms with Gasteiger partial charge >= 0.3 is 6.18 Å². The molecule has 0 saturated carbocycles.